The topological polar surface area (TPSA) is 50.4 Å². The summed E-state index contributed by atoms with van der Waals surface area (Å²) >= 11 is 6.05. The molecule has 128 valence electrons. The van der Waals surface area contributed by atoms with Crippen molar-refractivity contribution in [1.29, 1.82) is 0 Å². The van der Waals surface area contributed by atoms with Gasteiger partial charge in [-0.05, 0) is 61.7 Å². The van der Waals surface area contributed by atoms with Gasteiger partial charge in [-0.25, -0.2) is 4.79 Å². The smallest absolute Gasteiger partial charge is 0.319 e. The maximum absolute atomic E-state index is 12.2. The SMILES string of the molecule is CO[C@@](C)(CNC(=O)Nc1ccc(C)c(C)c1)c1cccc(Cl)c1. The predicted molar refractivity (Wildman–Crippen MR) is 98.8 cm³/mol. The lowest BCUT2D eigenvalue weighted by Gasteiger charge is -2.29. The maximum atomic E-state index is 12.2. The van der Waals surface area contributed by atoms with Gasteiger partial charge in [-0.2, -0.15) is 0 Å². The van der Waals surface area contributed by atoms with Crippen LogP contribution >= 0.6 is 11.6 Å². The first kappa shape index (κ1) is 18.3. The van der Waals surface area contributed by atoms with Crippen LogP contribution in [0.2, 0.25) is 5.02 Å². The van der Waals surface area contributed by atoms with Gasteiger partial charge in [0.1, 0.15) is 5.60 Å². The van der Waals surface area contributed by atoms with Crippen LogP contribution in [0.25, 0.3) is 0 Å². The van der Waals surface area contributed by atoms with E-state index in [0.29, 0.717) is 11.6 Å². The molecule has 2 amide bonds. The van der Waals surface area contributed by atoms with Crippen LogP contribution in [0, 0.1) is 13.8 Å². The molecule has 0 aliphatic heterocycles. The van der Waals surface area contributed by atoms with E-state index in [9.17, 15) is 4.79 Å². The molecule has 0 spiro atoms. The summed E-state index contributed by atoms with van der Waals surface area (Å²) in [5.41, 5.74) is 3.33. The van der Waals surface area contributed by atoms with Crippen molar-refractivity contribution in [2.45, 2.75) is 26.4 Å². The van der Waals surface area contributed by atoms with Crippen molar-refractivity contribution in [3.05, 3.63) is 64.2 Å². The first-order chi connectivity index (χ1) is 11.3. The highest BCUT2D eigenvalue weighted by Gasteiger charge is 2.27. The molecule has 2 N–H and O–H groups in total. The molecule has 1 atom stereocenters. The summed E-state index contributed by atoms with van der Waals surface area (Å²) in [7, 11) is 1.61. The third kappa shape index (κ3) is 4.49. The molecule has 24 heavy (non-hydrogen) atoms. The molecule has 0 heterocycles. The van der Waals surface area contributed by atoms with E-state index in [2.05, 4.69) is 10.6 Å². The van der Waals surface area contributed by atoms with Gasteiger partial charge in [0.2, 0.25) is 0 Å². The molecule has 0 saturated heterocycles. The van der Waals surface area contributed by atoms with Gasteiger partial charge in [-0.15, -0.1) is 0 Å². The number of methoxy groups -OCH3 is 1. The third-order valence-corrected chi connectivity index (χ3v) is 4.47. The molecule has 0 fully saturated rings. The quantitative estimate of drug-likeness (QED) is 0.828. The van der Waals surface area contributed by atoms with Gasteiger partial charge < -0.3 is 15.4 Å². The molecule has 0 unspecified atom stereocenters. The van der Waals surface area contributed by atoms with Crippen LogP contribution in [0.5, 0.6) is 0 Å². The van der Waals surface area contributed by atoms with Crippen LogP contribution in [-0.2, 0) is 10.3 Å². The van der Waals surface area contributed by atoms with Crippen molar-refractivity contribution in [3.8, 4) is 0 Å². The molecule has 2 aromatic carbocycles. The minimum atomic E-state index is -0.661. The summed E-state index contributed by atoms with van der Waals surface area (Å²) in [4.78, 5) is 12.2. The number of amides is 2. The predicted octanol–water partition coefficient (Wildman–Crippen LogP) is 4.64. The van der Waals surface area contributed by atoms with Crippen molar-refractivity contribution in [1.82, 2.24) is 5.32 Å². The molecular weight excluding hydrogens is 324 g/mol. The number of rotatable bonds is 5. The van der Waals surface area contributed by atoms with Crippen molar-refractivity contribution in [2.24, 2.45) is 0 Å². The summed E-state index contributed by atoms with van der Waals surface area (Å²) < 4.78 is 5.61. The lowest BCUT2D eigenvalue weighted by atomic mass is 9.96. The summed E-state index contributed by atoms with van der Waals surface area (Å²) in [6.07, 6.45) is 0. The Balaban J connectivity index is 2.02. The van der Waals surface area contributed by atoms with E-state index in [4.69, 9.17) is 16.3 Å². The van der Waals surface area contributed by atoms with Crippen LogP contribution < -0.4 is 10.6 Å². The van der Waals surface area contributed by atoms with Gasteiger partial charge in [0, 0.05) is 17.8 Å². The fraction of sp³-hybridized carbons (Fsp3) is 0.316. The van der Waals surface area contributed by atoms with Gasteiger partial charge in [0.15, 0.2) is 0 Å². The van der Waals surface area contributed by atoms with Crippen molar-refractivity contribution in [2.75, 3.05) is 19.0 Å². The first-order valence-electron chi connectivity index (χ1n) is 7.77. The molecule has 5 heteroatoms. The Morgan fingerprint density at radius 2 is 1.92 bits per heavy atom. The van der Waals surface area contributed by atoms with Gasteiger partial charge in [-0.3, -0.25) is 0 Å². The number of hydrogen-bond donors (Lipinski definition) is 2. The number of carbonyl (C=O) groups is 1. The number of ether oxygens (including phenoxy) is 1. The Bertz CT molecular complexity index is 733. The fourth-order valence-corrected chi connectivity index (χ4v) is 2.54. The van der Waals surface area contributed by atoms with E-state index in [0.717, 1.165) is 16.8 Å². The second kappa shape index (κ2) is 7.69. The second-order valence-electron chi connectivity index (χ2n) is 6.05. The number of urea groups is 1. The monoisotopic (exact) mass is 346 g/mol. The van der Waals surface area contributed by atoms with E-state index in [-0.39, 0.29) is 6.03 Å². The molecular formula is C19H23ClN2O2. The van der Waals surface area contributed by atoms with E-state index < -0.39 is 5.60 Å². The summed E-state index contributed by atoms with van der Waals surface area (Å²) in [6.45, 7) is 6.28. The molecule has 2 rings (SSSR count). The van der Waals surface area contributed by atoms with Gasteiger partial charge >= 0.3 is 6.03 Å². The second-order valence-corrected chi connectivity index (χ2v) is 6.49. The maximum Gasteiger partial charge on any atom is 0.319 e. The van der Waals surface area contributed by atoms with Crippen LogP contribution in [-0.4, -0.2) is 19.7 Å². The fourth-order valence-electron chi connectivity index (χ4n) is 2.35. The lowest BCUT2D eigenvalue weighted by molar-refractivity contribution is 0.00521. The highest BCUT2D eigenvalue weighted by molar-refractivity contribution is 6.30. The van der Waals surface area contributed by atoms with Crippen LogP contribution in [0.1, 0.15) is 23.6 Å². The van der Waals surface area contributed by atoms with E-state index in [1.165, 1.54) is 5.56 Å². The Labute approximate surface area is 148 Å². The molecule has 0 bridgehead atoms. The van der Waals surface area contributed by atoms with Crippen LogP contribution in [0.3, 0.4) is 0 Å². The molecule has 0 aliphatic carbocycles. The van der Waals surface area contributed by atoms with E-state index >= 15 is 0 Å². The van der Waals surface area contributed by atoms with Crippen LogP contribution in [0.15, 0.2) is 42.5 Å². The minimum absolute atomic E-state index is 0.274. The summed E-state index contributed by atoms with van der Waals surface area (Å²) in [5, 5.41) is 6.33. The highest BCUT2D eigenvalue weighted by Crippen LogP contribution is 2.26. The van der Waals surface area contributed by atoms with Crippen molar-refractivity contribution >= 4 is 23.3 Å². The number of halogens is 1. The minimum Gasteiger partial charge on any atom is -0.372 e. The standard InChI is InChI=1S/C19H23ClN2O2/c1-13-8-9-17(10-14(13)2)22-18(23)21-12-19(3,24-4)15-6-5-7-16(20)11-15/h5-11H,12H2,1-4H3,(H2,21,22,23)/t19-/m0/s1. The van der Waals surface area contributed by atoms with Crippen molar-refractivity contribution in [3.63, 3.8) is 0 Å². The number of benzene rings is 2. The Hall–Kier alpha value is -2.04. The molecule has 0 saturated carbocycles. The van der Waals surface area contributed by atoms with Gasteiger partial charge in [0.05, 0.1) is 6.54 Å². The van der Waals surface area contributed by atoms with Crippen molar-refractivity contribution < 1.29 is 9.53 Å². The number of nitrogens with one attached hydrogen (secondary N) is 2. The lowest BCUT2D eigenvalue weighted by Crippen LogP contribution is -2.41. The normalized spacial score (nSPS) is 13.2. The Kier molecular flexibility index (Phi) is 5.86. The highest BCUT2D eigenvalue weighted by atomic mass is 35.5. The largest absolute Gasteiger partial charge is 0.372 e. The number of carbonyl (C=O) groups excluding carboxylic acids is 1. The number of aryl methyl sites for hydroxylation is 2. The first-order valence-corrected chi connectivity index (χ1v) is 8.15. The molecule has 4 nitrogen and oxygen atoms in total. The Morgan fingerprint density at radius 3 is 2.54 bits per heavy atom. The average Bonchev–Trinajstić information content (AvgIpc) is 2.56. The van der Waals surface area contributed by atoms with E-state index in [1.54, 1.807) is 13.2 Å². The number of hydrogen-bond acceptors (Lipinski definition) is 2. The average molecular weight is 347 g/mol. The zero-order valence-electron chi connectivity index (χ0n) is 14.4. The van der Waals surface area contributed by atoms with Gasteiger partial charge in [-0.1, -0.05) is 29.8 Å². The third-order valence-electron chi connectivity index (χ3n) is 4.24. The summed E-state index contributed by atoms with van der Waals surface area (Å²) in [6, 6.07) is 13.0. The molecule has 0 aromatic heterocycles. The number of anilines is 1. The Morgan fingerprint density at radius 1 is 1.17 bits per heavy atom. The summed E-state index contributed by atoms with van der Waals surface area (Å²) in [5.74, 6) is 0. The molecule has 2 aromatic rings. The zero-order chi connectivity index (χ0) is 17.7. The zero-order valence-corrected chi connectivity index (χ0v) is 15.2. The van der Waals surface area contributed by atoms with E-state index in [1.807, 2.05) is 57.2 Å². The van der Waals surface area contributed by atoms with Crippen LogP contribution in [0.4, 0.5) is 10.5 Å². The molecule has 0 aliphatic rings. The van der Waals surface area contributed by atoms with Gasteiger partial charge in [0.25, 0.3) is 0 Å². The molecule has 0 radical (unpaired) electrons.